The highest BCUT2D eigenvalue weighted by molar-refractivity contribution is 6.33. The van der Waals surface area contributed by atoms with Crippen LogP contribution < -0.4 is 10.1 Å². The predicted molar refractivity (Wildman–Crippen MR) is 108 cm³/mol. The molecule has 0 aliphatic carbocycles. The smallest absolute Gasteiger partial charge is 0.335 e. The molecule has 138 valence electrons. The normalized spacial score (nSPS) is 10.4. The van der Waals surface area contributed by atoms with Crippen LogP contribution >= 0.6 is 23.2 Å². The molecule has 0 heterocycles. The minimum atomic E-state index is -0.994. The van der Waals surface area contributed by atoms with Gasteiger partial charge in [-0.3, -0.25) is 0 Å². The number of nitrogens with one attached hydrogen (secondary N) is 1. The predicted octanol–water partition coefficient (Wildman–Crippen LogP) is 5.88. The van der Waals surface area contributed by atoms with Gasteiger partial charge in [0.15, 0.2) is 0 Å². The van der Waals surface area contributed by atoms with Crippen LogP contribution in [0, 0.1) is 0 Å². The molecule has 0 spiro atoms. The van der Waals surface area contributed by atoms with Gasteiger partial charge in [0.05, 0.1) is 16.3 Å². The van der Waals surface area contributed by atoms with E-state index in [4.69, 9.17) is 33.0 Å². The Bertz CT molecular complexity index is 960. The van der Waals surface area contributed by atoms with E-state index in [1.807, 2.05) is 48.5 Å². The molecule has 3 aromatic carbocycles. The lowest BCUT2D eigenvalue weighted by atomic mass is 10.1. The number of halogens is 2. The van der Waals surface area contributed by atoms with Crippen molar-refractivity contribution in [3.8, 4) is 5.75 Å². The van der Waals surface area contributed by atoms with E-state index in [1.54, 1.807) is 6.07 Å². The molecule has 3 aromatic rings. The number of hydrogen-bond acceptors (Lipinski definition) is 3. The van der Waals surface area contributed by atoms with Crippen LogP contribution in [-0.4, -0.2) is 11.1 Å². The van der Waals surface area contributed by atoms with Crippen LogP contribution in [0.5, 0.6) is 5.75 Å². The van der Waals surface area contributed by atoms with Crippen LogP contribution in [0.25, 0.3) is 0 Å². The van der Waals surface area contributed by atoms with E-state index in [9.17, 15) is 4.79 Å². The van der Waals surface area contributed by atoms with Gasteiger partial charge in [0.1, 0.15) is 12.4 Å². The van der Waals surface area contributed by atoms with E-state index in [1.165, 1.54) is 12.1 Å². The Labute approximate surface area is 167 Å². The summed E-state index contributed by atoms with van der Waals surface area (Å²) in [6.45, 7) is 0.904. The number of benzene rings is 3. The largest absolute Gasteiger partial charge is 0.489 e. The van der Waals surface area contributed by atoms with Gasteiger partial charge in [-0.1, -0.05) is 47.5 Å². The van der Waals surface area contributed by atoms with Gasteiger partial charge in [-0.15, -0.1) is 0 Å². The summed E-state index contributed by atoms with van der Waals surface area (Å²) in [7, 11) is 0. The lowest BCUT2D eigenvalue weighted by Crippen LogP contribution is -2.03. The molecular formula is C21H17Cl2NO3. The maximum absolute atomic E-state index is 11.1. The van der Waals surface area contributed by atoms with Crippen molar-refractivity contribution in [2.45, 2.75) is 13.2 Å². The fraction of sp³-hybridized carbons (Fsp3) is 0.0952. The molecule has 6 heteroatoms. The Kier molecular flexibility index (Phi) is 6.22. The van der Waals surface area contributed by atoms with Crippen molar-refractivity contribution in [1.82, 2.24) is 0 Å². The molecule has 0 fully saturated rings. The van der Waals surface area contributed by atoms with Crippen LogP contribution in [0.15, 0.2) is 66.7 Å². The summed E-state index contributed by atoms with van der Waals surface area (Å²) in [5, 5.41) is 13.4. The van der Waals surface area contributed by atoms with Crippen molar-refractivity contribution in [2.75, 3.05) is 5.32 Å². The number of carboxylic acids is 1. The topological polar surface area (TPSA) is 58.6 Å². The molecule has 3 rings (SSSR count). The summed E-state index contributed by atoms with van der Waals surface area (Å²) >= 11 is 12.1. The lowest BCUT2D eigenvalue weighted by molar-refractivity contribution is 0.0697. The van der Waals surface area contributed by atoms with Gasteiger partial charge in [-0.2, -0.15) is 0 Å². The van der Waals surface area contributed by atoms with Crippen molar-refractivity contribution >= 4 is 34.9 Å². The minimum Gasteiger partial charge on any atom is -0.489 e. The fourth-order valence-electron chi connectivity index (χ4n) is 2.53. The lowest BCUT2D eigenvalue weighted by Gasteiger charge is -2.11. The zero-order valence-corrected chi connectivity index (χ0v) is 15.8. The summed E-state index contributed by atoms with van der Waals surface area (Å²) in [6.07, 6.45) is 0. The Morgan fingerprint density at radius 1 is 0.963 bits per heavy atom. The van der Waals surface area contributed by atoms with Crippen LogP contribution in [0.4, 0.5) is 5.69 Å². The number of carboxylic acid groups (broad SMARTS) is 1. The van der Waals surface area contributed by atoms with Crippen LogP contribution in [-0.2, 0) is 13.2 Å². The van der Waals surface area contributed by atoms with Crippen LogP contribution in [0.2, 0.25) is 10.0 Å². The summed E-state index contributed by atoms with van der Waals surface area (Å²) < 4.78 is 5.82. The quantitative estimate of drug-likeness (QED) is 0.518. The third-order valence-corrected chi connectivity index (χ3v) is 4.45. The SMILES string of the molecule is O=C(O)c1ccc(Cl)c(NCc2cccc(OCc3cccc(Cl)c3)c2)c1. The fourth-order valence-corrected chi connectivity index (χ4v) is 2.93. The molecule has 0 atom stereocenters. The molecule has 4 nitrogen and oxygen atoms in total. The van der Waals surface area contributed by atoms with Crippen molar-refractivity contribution in [1.29, 1.82) is 0 Å². The molecule has 2 N–H and O–H groups in total. The highest BCUT2D eigenvalue weighted by Crippen LogP contribution is 2.24. The zero-order chi connectivity index (χ0) is 19.2. The first-order valence-corrected chi connectivity index (χ1v) is 9.00. The Morgan fingerprint density at radius 3 is 2.52 bits per heavy atom. The zero-order valence-electron chi connectivity index (χ0n) is 14.3. The van der Waals surface area contributed by atoms with Gasteiger partial charge in [-0.25, -0.2) is 4.79 Å². The number of rotatable bonds is 7. The highest BCUT2D eigenvalue weighted by atomic mass is 35.5. The van der Waals surface area contributed by atoms with Gasteiger partial charge < -0.3 is 15.2 Å². The third-order valence-electron chi connectivity index (χ3n) is 3.89. The third kappa shape index (κ3) is 5.39. The van der Waals surface area contributed by atoms with E-state index < -0.39 is 5.97 Å². The summed E-state index contributed by atoms with van der Waals surface area (Å²) in [4.78, 5) is 11.1. The number of carbonyl (C=O) groups is 1. The van der Waals surface area contributed by atoms with Crippen molar-refractivity contribution < 1.29 is 14.6 Å². The second-order valence-electron chi connectivity index (χ2n) is 5.92. The molecule has 0 amide bonds. The first kappa shape index (κ1) is 19.1. The molecule has 0 aromatic heterocycles. The van der Waals surface area contributed by atoms with Gasteiger partial charge in [0.25, 0.3) is 0 Å². The summed E-state index contributed by atoms with van der Waals surface area (Å²) in [6, 6.07) is 19.7. The average molecular weight is 402 g/mol. The Balaban J connectivity index is 1.64. The van der Waals surface area contributed by atoms with E-state index in [0.29, 0.717) is 28.9 Å². The highest BCUT2D eigenvalue weighted by Gasteiger charge is 2.07. The summed E-state index contributed by atoms with van der Waals surface area (Å²) in [5.74, 6) is -0.259. The van der Waals surface area contributed by atoms with E-state index in [2.05, 4.69) is 5.32 Å². The van der Waals surface area contributed by atoms with Gasteiger partial charge in [0.2, 0.25) is 0 Å². The molecule has 0 bridgehead atoms. The van der Waals surface area contributed by atoms with Gasteiger partial charge in [0, 0.05) is 11.6 Å². The monoisotopic (exact) mass is 401 g/mol. The van der Waals surface area contributed by atoms with Crippen molar-refractivity contribution in [3.05, 3.63) is 93.5 Å². The van der Waals surface area contributed by atoms with Gasteiger partial charge in [-0.05, 0) is 53.6 Å². The van der Waals surface area contributed by atoms with Crippen molar-refractivity contribution in [2.24, 2.45) is 0 Å². The molecule has 0 saturated heterocycles. The molecule has 27 heavy (non-hydrogen) atoms. The number of ether oxygens (including phenoxy) is 1. The van der Waals surface area contributed by atoms with E-state index >= 15 is 0 Å². The second-order valence-corrected chi connectivity index (χ2v) is 6.76. The standard InChI is InChI=1S/C21H17Cl2NO3/c22-17-5-1-4-15(9-17)13-27-18-6-2-3-14(10-18)12-24-20-11-16(21(25)26)7-8-19(20)23/h1-11,24H,12-13H2,(H,25,26). The molecule has 0 aliphatic heterocycles. The van der Waals surface area contributed by atoms with Gasteiger partial charge >= 0.3 is 5.97 Å². The minimum absolute atomic E-state index is 0.181. The van der Waals surface area contributed by atoms with Crippen LogP contribution in [0.3, 0.4) is 0 Å². The number of anilines is 1. The van der Waals surface area contributed by atoms with Crippen molar-refractivity contribution in [3.63, 3.8) is 0 Å². The molecule has 0 unspecified atom stereocenters. The Morgan fingerprint density at radius 2 is 1.74 bits per heavy atom. The number of hydrogen-bond donors (Lipinski definition) is 2. The first-order valence-electron chi connectivity index (χ1n) is 8.24. The molecule has 0 saturated carbocycles. The maximum atomic E-state index is 11.1. The summed E-state index contributed by atoms with van der Waals surface area (Å²) in [5.41, 5.74) is 2.72. The average Bonchev–Trinajstić information content (AvgIpc) is 2.66. The first-order chi connectivity index (χ1) is 13.0. The van der Waals surface area contributed by atoms with Crippen LogP contribution in [0.1, 0.15) is 21.5 Å². The van der Waals surface area contributed by atoms with E-state index in [-0.39, 0.29) is 5.56 Å². The number of aromatic carboxylic acids is 1. The molecule has 0 radical (unpaired) electrons. The van der Waals surface area contributed by atoms with E-state index in [0.717, 1.165) is 16.9 Å². The Hall–Kier alpha value is -2.69. The second kappa shape index (κ2) is 8.80. The molecule has 0 aliphatic rings. The molecular weight excluding hydrogens is 385 g/mol. The maximum Gasteiger partial charge on any atom is 0.335 e.